The van der Waals surface area contributed by atoms with Crippen LogP contribution in [0.4, 0.5) is 4.39 Å². The van der Waals surface area contributed by atoms with Gasteiger partial charge in [-0.25, -0.2) is 9.37 Å². The third-order valence-corrected chi connectivity index (χ3v) is 3.68. The molecule has 1 unspecified atom stereocenters. The fourth-order valence-corrected chi connectivity index (χ4v) is 2.30. The van der Waals surface area contributed by atoms with Crippen LogP contribution in [0, 0.1) is 5.82 Å². The van der Waals surface area contributed by atoms with Crippen molar-refractivity contribution < 1.29 is 9.18 Å². The maximum absolute atomic E-state index is 13.0. The molecule has 0 radical (unpaired) electrons. The largest absolute Gasteiger partial charge is 0.343 e. The first-order valence-corrected chi connectivity index (χ1v) is 6.59. The summed E-state index contributed by atoms with van der Waals surface area (Å²) >= 11 is 5.42. The molecule has 18 heavy (non-hydrogen) atoms. The molecule has 1 N–H and O–H groups in total. The molecule has 94 valence electrons. The monoisotopic (exact) mass is 282 g/mol. The van der Waals surface area contributed by atoms with E-state index in [4.69, 9.17) is 0 Å². The van der Waals surface area contributed by atoms with Crippen molar-refractivity contribution in [2.24, 2.45) is 0 Å². The summed E-state index contributed by atoms with van der Waals surface area (Å²) in [6.07, 6.45) is 1.69. The van der Waals surface area contributed by atoms with Crippen LogP contribution in [0.5, 0.6) is 0 Å². The average molecular weight is 282 g/mol. The van der Waals surface area contributed by atoms with E-state index < -0.39 is 5.82 Å². The zero-order valence-corrected chi connectivity index (χ0v) is 11.3. The van der Waals surface area contributed by atoms with Crippen molar-refractivity contribution in [3.05, 3.63) is 46.2 Å². The Morgan fingerprint density at radius 2 is 2.33 bits per heavy atom. The number of nitrogens with one attached hydrogen (secondary N) is 1. The van der Waals surface area contributed by atoms with Gasteiger partial charge in [0.25, 0.3) is 5.91 Å². The molecule has 3 nitrogen and oxygen atoms in total. The zero-order valence-electron chi connectivity index (χ0n) is 9.55. The second-order valence-corrected chi connectivity index (χ2v) is 5.14. The Bertz CT molecular complexity index is 557. The van der Waals surface area contributed by atoms with E-state index in [0.717, 1.165) is 5.01 Å². The first-order chi connectivity index (χ1) is 8.58. The molecule has 2 aromatic rings. The number of rotatable bonds is 3. The van der Waals surface area contributed by atoms with E-state index in [2.05, 4.69) is 22.9 Å². The summed E-state index contributed by atoms with van der Waals surface area (Å²) in [6.45, 7) is 1.85. The first-order valence-electron chi connectivity index (χ1n) is 5.26. The summed E-state index contributed by atoms with van der Waals surface area (Å²) in [4.78, 5) is 16.2. The normalized spacial score (nSPS) is 12.2. The van der Waals surface area contributed by atoms with Crippen LogP contribution in [-0.4, -0.2) is 10.9 Å². The van der Waals surface area contributed by atoms with Crippen molar-refractivity contribution in [3.63, 3.8) is 0 Å². The quantitative estimate of drug-likeness (QED) is 0.850. The number of halogens is 1. The summed E-state index contributed by atoms with van der Waals surface area (Å²) < 4.78 is 13.0. The molecule has 0 aliphatic rings. The molecule has 1 aromatic heterocycles. The van der Waals surface area contributed by atoms with Crippen LogP contribution in [0.15, 0.2) is 34.7 Å². The molecule has 1 atom stereocenters. The van der Waals surface area contributed by atoms with Gasteiger partial charge in [-0.2, -0.15) is 0 Å². The lowest BCUT2D eigenvalue weighted by molar-refractivity contribution is 0.0939. The second-order valence-electron chi connectivity index (χ2n) is 3.73. The highest BCUT2D eigenvalue weighted by molar-refractivity contribution is 7.80. The van der Waals surface area contributed by atoms with E-state index >= 15 is 0 Å². The van der Waals surface area contributed by atoms with Crippen molar-refractivity contribution in [2.45, 2.75) is 17.9 Å². The van der Waals surface area contributed by atoms with Gasteiger partial charge in [0.1, 0.15) is 10.8 Å². The lowest BCUT2D eigenvalue weighted by Crippen LogP contribution is -2.26. The highest BCUT2D eigenvalue weighted by Crippen LogP contribution is 2.17. The highest BCUT2D eigenvalue weighted by atomic mass is 32.1. The molecule has 2 rings (SSSR count). The van der Waals surface area contributed by atoms with Gasteiger partial charge in [-0.05, 0) is 25.1 Å². The van der Waals surface area contributed by atoms with Crippen LogP contribution in [-0.2, 0) is 0 Å². The van der Waals surface area contributed by atoms with Crippen LogP contribution in [0.1, 0.15) is 28.3 Å². The van der Waals surface area contributed by atoms with E-state index in [9.17, 15) is 9.18 Å². The van der Waals surface area contributed by atoms with Gasteiger partial charge in [0, 0.05) is 22.0 Å². The summed E-state index contributed by atoms with van der Waals surface area (Å²) in [5, 5.41) is 5.48. The molecule has 0 saturated carbocycles. The molecular formula is C12H11FN2OS2. The molecule has 1 aromatic carbocycles. The van der Waals surface area contributed by atoms with Crippen LogP contribution >= 0.6 is 24.0 Å². The Morgan fingerprint density at radius 1 is 1.56 bits per heavy atom. The van der Waals surface area contributed by atoms with Gasteiger partial charge < -0.3 is 5.32 Å². The van der Waals surface area contributed by atoms with Crippen molar-refractivity contribution in [2.75, 3.05) is 0 Å². The smallest absolute Gasteiger partial charge is 0.251 e. The summed E-state index contributed by atoms with van der Waals surface area (Å²) in [5.41, 5.74) is 0.379. The molecular weight excluding hydrogens is 271 g/mol. The second kappa shape index (κ2) is 5.49. The zero-order chi connectivity index (χ0) is 13.1. The van der Waals surface area contributed by atoms with Crippen molar-refractivity contribution in [1.82, 2.24) is 10.3 Å². The number of aromatic nitrogens is 1. The van der Waals surface area contributed by atoms with E-state index in [1.54, 1.807) is 6.20 Å². The van der Waals surface area contributed by atoms with Gasteiger partial charge in [0.05, 0.1) is 6.04 Å². The van der Waals surface area contributed by atoms with Gasteiger partial charge in [-0.3, -0.25) is 4.79 Å². The van der Waals surface area contributed by atoms with E-state index in [1.807, 2.05) is 12.3 Å². The predicted molar refractivity (Wildman–Crippen MR) is 71.6 cm³/mol. The number of carbonyl (C=O) groups is 1. The highest BCUT2D eigenvalue weighted by Gasteiger charge is 2.14. The predicted octanol–water partition coefficient (Wildman–Crippen LogP) is 3.06. The van der Waals surface area contributed by atoms with Gasteiger partial charge >= 0.3 is 0 Å². The Labute approximate surface area is 113 Å². The minimum Gasteiger partial charge on any atom is -0.343 e. The van der Waals surface area contributed by atoms with Crippen LogP contribution in [0.25, 0.3) is 0 Å². The van der Waals surface area contributed by atoms with Gasteiger partial charge in [0.15, 0.2) is 0 Å². The summed E-state index contributed by atoms with van der Waals surface area (Å²) in [6, 6.07) is 3.89. The lowest BCUT2D eigenvalue weighted by Gasteiger charge is -2.11. The molecule has 0 spiro atoms. The topological polar surface area (TPSA) is 42.0 Å². The number of hydrogen-bond donors (Lipinski definition) is 2. The number of thiol groups is 1. The Hall–Kier alpha value is -1.40. The molecule has 6 heteroatoms. The molecule has 0 fully saturated rings. The molecule has 1 amide bonds. The van der Waals surface area contributed by atoms with Crippen molar-refractivity contribution in [1.29, 1.82) is 0 Å². The number of amides is 1. The van der Waals surface area contributed by atoms with Gasteiger partial charge in [-0.15, -0.1) is 24.0 Å². The summed E-state index contributed by atoms with van der Waals surface area (Å²) in [7, 11) is 0. The Balaban J connectivity index is 2.10. The maximum atomic E-state index is 13.0. The number of carbonyl (C=O) groups excluding carboxylic acids is 1. The van der Waals surface area contributed by atoms with Crippen LogP contribution < -0.4 is 5.32 Å². The average Bonchev–Trinajstić information content (AvgIpc) is 2.86. The molecule has 0 saturated heterocycles. The molecule has 0 aliphatic carbocycles. The Kier molecular flexibility index (Phi) is 3.98. The third kappa shape index (κ3) is 2.88. The standard InChI is InChI=1S/C12H11FN2OS2/c1-7(12-14-4-5-18-12)15-11(16)8-2-3-9(13)10(17)6-8/h2-7,17H,1H3,(H,15,16). The fourth-order valence-electron chi connectivity index (χ4n) is 1.44. The summed E-state index contributed by atoms with van der Waals surface area (Å²) in [5.74, 6) is -0.712. The Morgan fingerprint density at radius 3 is 2.94 bits per heavy atom. The molecule has 0 bridgehead atoms. The van der Waals surface area contributed by atoms with E-state index in [1.165, 1.54) is 29.5 Å². The maximum Gasteiger partial charge on any atom is 0.251 e. The number of benzene rings is 1. The number of nitrogens with zero attached hydrogens (tertiary/aromatic N) is 1. The third-order valence-electron chi connectivity index (χ3n) is 2.38. The van der Waals surface area contributed by atoms with E-state index in [-0.39, 0.29) is 16.8 Å². The van der Waals surface area contributed by atoms with Crippen LogP contribution in [0.3, 0.4) is 0 Å². The van der Waals surface area contributed by atoms with Crippen molar-refractivity contribution >= 4 is 29.9 Å². The van der Waals surface area contributed by atoms with Crippen molar-refractivity contribution in [3.8, 4) is 0 Å². The SMILES string of the molecule is CC(NC(=O)c1ccc(F)c(S)c1)c1nccs1. The van der Waals surface area contributed by atoms with Gasteiger partial charge in [-0.1, -0.05) is 0 Å². The van der Waals surface area contributed by atoms with Gasteiger partial charge in [0.2, 0.25) is 0 Å². The number of thiazole rings is 1. The first kappa shape index (κ1) is 13.0. The minimum absolute atomic E-state index is 0.157. The number of hydrogen-bond acceptors (Lipinski definition) is 4. The van der Waals surface area contributed by atoms with Crippen LogP contribution in [0.2, 0.25) is 0 Å². The van der Waals surface area contributed by atoms with E-state index in [0.29, 0.717) is 5.56 Å². The fraction of sp³-hybridized carbons (Fsp3) is 0.167. The lowest BCUT2D eigenvalue weighted by atomic mass is 10.2. The minimum atomic E-state index is -0.442. The molecule has 1 heterocycles. The molecule has 0 aliphatic heterocycles.